The number of amides is 2. The predicted octanol–water partition coefficient (Wildman–Crippen LogP) is 1.46. The van der Waals surface area contributed by atoms with E-state index in [1.807, 2.05) is 17.0 Å². The lowest BCUT2D eigenvalue weighted by atomic mass is 9.77. The number of carbonyl (C=O) groups excluding carboxylic acids is 2. The number of carbonyl (C=O) groups is 2. The maximum absolute atomic E-state index is 12.6. The van der Waals surface area contributed by atoms with Gasteiger partial charge in [-0.05, 0) is 36.8 Å². The lowest BCUT2D eigenvalue weighted by Gasteiger charge is -2.37. The third-order valence-corrected chi connectivity index (χ3v) is 5.56. The normalized spacial score (nSPS) is 27.0. The number of likely N-dealkylation sites (tertiary alicyclic amines) is 1. The Balaban J connectivity index is 1.55. The summed E-state index contributed by atoms with van der Waals surface area (Å²) in [6.07, 6.45) is 1.69. The van der Waals surface area contributed by atoms with E-state index in [1.54, 1.807) is 26.4 Å². The molecule has 1 aliphatic carbocycles. The zero-order chi connectivity index (χ0) is 19.4. The predicted molar refractivity (Wildman–Crippen MR) is 99.7 cm³/mol. The van der Waals surface area contributed by atoms with Crippen LogP contribution in [0.25, 0.3) is 0 Å². The molecule has 1 saturated carbocycles. The van der Waals surface area contributed by atoms with Gasteiger partial charge in [-0.15, -0.1) is 0 Å². The van der Waals surface area contributed by atoms with E-state index in [4.69, 9.17) is 14.2 Å². The number of benzene rings is 1. The van der Waals surface area contributed by atoms with E-state index in [0.29, 0.717) is 29.9 Å². The number of ether oxygens (including phenoxy) is 3. The molecule has 0 aromatic heterocycles. The van der Waals surface area contributed by atoms with Gasteiger partial charge >= 0.3 is 0 Å². The summed E-state index contributed by atoms with van der Waals surface area (Å²) in [6, 6.07) is 7.24. The molecule has 1 aromatic carbocycles. The van der Waals surface area contributed by atoms with Gasteiger partial charge < -0.3 is 24.4 Å². The van der Waals surface area contributed by atoms with Crippen molar-refractivity contribution in [2.24, 2.45) is 11.8 Å². The van der Waals surface area contributed by atoms with Gasteiger partial charge in [0.15, 0.2) is 6.61 Å². The minimum atomic E-state index is -0.0434. The van der Waals surface area contributed by atoms with Gasteiger partial charge in [-0.3, -0.25) is 9.59 Å². The van der Waals surface area contributed by atoms with Crippen LogP contribution in [-0.2, 0) is 14.3 Å². The molecule has 1 aromatic rings. The highest BCUT2D eigenvalue weighted by atomic mass is 16.5. The summed E-state index contributed by atoms with van der Waals surface area (Å²) in [6.45, 7) is 2.96. The van der Waals surface area contributed by atoms with Crippen LogP contribution < -0.4 is 14.8 Å². The van der Waals surface area contributed by atoms with Crippen LogP contribution in [0.1, 0.15) is 19.8 Å². The van der Waals surface area contributed by atoms with Crippen LogP contribution in [0.3, 0.4) is 0 Å². The van der Waals surface area contributed by atoms with Crippen LogP contribution >= 0.6 is 0 Å². The highest BCUT2D eigenvalue weighted by Crippen LogP contribution is 2.37. The zero-order valence-electron chi connectivity index (χ0n) is 16.1. The summed E-state index contributed by atoms with van der Waals surface area (Å²) in [5, 5.41) is 2.99. The van der Waals surface area contributed by atoms with Crippen LogP contribution in [0.4, 0.5) is 0 Å². The molecule has 3 rings (SSSR count). The van der Waals surface area contributed by atoms with E-state index in [2.05, 4.69) is 5.32 Å². The topological polar surface area (TPSA) is 77.1 Å². The Hall–Kier alpha value is -2.28. The largest absolute Gasteiger partial charge is 0.497 e. The first-order valence-corrected chi connectivity index (χ1v) is 9.34. The van der Waals surface area contributed by atoms with E-state index in [1.165, 1.54) is 6.92 Å². The third-order valence-electron chi connectivity index (χ3n) is 5.56. The van der Waals surface area contributed by atoms with Crippen molar-refractivity contribution in [2.75, 3.05) is 33.9 Å². The van der Waals surface area contributed by atoms with E-state index < -0.39 is 0 Å². The summed E-state index contributed by atoms with van der Waals surface area (Å²) in [5.74, 6) is 2.04. The lowest BCUT2D eigenvalue weighted by molar-refractivity contribution is -0.132. The Bertz CT molecular complexity index is 680. The van der Waals surface area contributed by atoms with Crippen LogP contribution in [0, 0.1) is 11.8 Å². The number of hydrogen-bond acceptors (Lipinski definition) is 5. The van der Waals surface area contributed by atoms with E-state index in [9.17, 15) is 9.59 Å². The van der Waals surface area contributed by atoms with Crippen LogP contribution in [0.2, 0.25) is 0 Å². The molecule has 0 unspecified atom stereocenters. The molecule has 7 nitrogen and oxygen atoms in total. The fourth-order valence-corrected chi connectivity index (χ4v) is 4.22. The fourth-order valence-electron chi connectivity index (χ4n) is 4.22. The van der Waals surface area contributed by atoms with Crippen molar-refractivity contribution in [3.8, 4) is 11.5 Å². The van der Waals surface area contributed by atoms with Gasteiger partial charge in [0.25, 0.3) is 5.91 Å². The molecule has 148 valence electrons. The van der Waals surface area contributed by atoms with Crippen molar-refractivity contribution in [1.82, 2.24) is 10.2 Å². The molecule has 1 heterocycles. The Kier molecular flexibility index (Phi) is 6.21. The van der Waals surface area contributed by atoms with Crippen molar-refractivity contribution in [1.29, 1.82) is 0 Å². The second kappa shape index (κ2) is 8.61. The van der Waals surface area contributed by atoms with Crippen molar-refractivity contribution in [3.63, 3.8) is 0 Å². The molecule has 0 spiro atoms. The second-order valence-corrected chi connectivity index (χ2v) is 7.34. The molecule has 2 fully saturated rings. The van der Waals surface area contributed by atoms with Gasteiger partial charge in [0.1, 0.15) is 11.5 Å². The van der Waals surface area contributed by atoms with Gasteiger partial charge in [-0.2, -0.15) is 0 Å². The number of fused-ring (bicyclic) bond motifs is 1. The minimum Gasteiger partial charge on any atom is -0.497 e. The molecule has 27 heavy (non-hydrogen) atoms. The van der Waals surface area contributed by atoms with Gasteiger partial charge in [0.05, 0.1) is 19.3 Å². The Morgan fingerprint density at radius 3 is 2.52 bits per heavy atom. The maximum atomic E-state index is 12.6. The highest BCUT2D eigenvalue weighted by Gasteiger charge is 2.43. The molecule has 4 atom stereocenters. The van der Waals surface area contributed by atoms with Crippen molar-refractivity contribution in [2.45, 2.75) is 31.9 Å². The van der Waals surface area contributed by atoms with E-state index >= 15 is 0 Å². The SMILES string of the molecule is COc1cccc(OCC(=O)N2C[C@H]3C[C@@H](NC(C)=O)[C@H](OC)C[C@H]3C2)c1. The summed E-state index contributed by atoms with van der Waals surface area (Å²) in [5.41, 5.74) is 0. The summed E-state index contributed by atoms with van der Waals surface area (Å²) in [4.78, 5) is 25.9. The zero-order valence-corrected chi connectivity index (χ0v) is 16.1. The molecule has 0 bridgehead atoms. The maximum Gasteiger partial charge on any atom is 0.260 e. The van der Waals surface area contributed by atoms with Crippen molar-refractivity contribution < 1.29 is 23.8 Å². The van der Waals surface area contributed by atoms with Crippen molar-refractivity contribution >= 4 is 11.8 Å². The summed E-state index contributed by atoms with van der Waals surface area (Å²) in [7, 11) is 3.28. The number of hydrogen-bond donors (Lipinski definition) is 1. The first-order chi connectivity index (χ1) is 13.0. The number of nitrogens with one attached hydrogen (secondary N) is 1. The molecular weight excluding hydrogens is 348 g/mol. The average Bonchev–Trinajstić information content (AvgIpc) is 3.08. The van der Waals surface area contributed by atoms with E-state index in [-0.39, 0.29) is 30.6 Å². The molecule has 2 aliphatic rings. The average molecular weight is 376 g/mol. The Morgan fingerprint density at radius 1 is 1.15 bits per heavy atom. The summed E-state index contributed by atoms with van der Waals surface area (Å²) >= 11 is 0. The molecule has 1 N–H and O–H groups in total. The fraction of sp³-hybridized carbons (Fsp3) is 0.600. The standard InChI is InChI=1S/C20H28N2O5/c1-13(23)21-18-7-14-10-22(11-15(14)8-19(18)26-3)20(24)12-27-17-6-4-5-16(9-17)25-2/h4-6,9,14-15,18-19H,7-8,10-12H2,1-3H3,(H,21,23)/t14-,15+,18-,19-/m1/s1. The molecule has 1 aliphatic heterocycles. The molecule has 0 radical (unpaired) electrons. The first-order valence-electron chi connectivity index (χ1n) is 9.34. The van der Waals surface area contributed by atoms with Crippen LogP contribution in [-0.4, -0.2) is 62.8 Å². The Morgan fingerprint density at radius 2 is 1.85 bits per heavy atom. The molecular formula is C20H28N2O5. The number of nitrogens with zero attached hydrogens (tertiary/aromatic N) is 1. The van der Waals surface area contributed by atoms with Gasteiger partial charge in [0, 0.05) is 33.2 Å². The van der Waals surface area contributed by atoms with Gasteiger partial charge in [0.2, 0.25) is 5.91 Å². The van der Waals surface area contributed by atoms with E-state index in [0.717, 1.165) is 19.4 Å². The van der Waals surface area contributed by atoms with Crippen LogP contribution in [0.5, 0.6) is 11.5 Å². The summed E-state index contributed by atoms with van der Waals surface area (Å²) < 4.78 is 16.4. The minimum absolute atomic E-state index is 0.00163. The molecule has 1 saturated heterocycles. The monoisotopic (exact) mass is 376 g/mol. The van der Waals surface area contributed by atoms with Crippen LogP contribution in [0.15, 0.2) is 24.3 Å². The van der Waals surface area contributed by atoms with Gasteiger partial charge in [-0.1, -0.05) is 6.07 Å². The number of methoxy groups -OCH3 is 2. The quantitative estimate of drug-likeness (QED) is 0.813. The highest BCUT2D eigenvalue weighted by molar-refractivity contribution is 5.78. The second-order valence-electron chi connectivity index (χ2n) is 7.34. The van der Waals surface area contributed by atoms with Gasteiger partial charge in [-0.25, -0.2) is 0 Å². The number of rotatable bonds is 6. The molecule has 7 heteroatoms. The lowest BCUT2D eigenvalue weighted by Crippen LogP contribution is -2.49. The van der Waals surface area contributed by atoms with Crippen molar-refractivity contribution in [3.05, 3.63) is 24.3 Å². The first kappa shape index (κ1) is 19.5. The Labute approximate surface area is 160 Å². The third kappa shape index (κ3) is 4.71. The molecule has 2 amide bonds. The smallest absolute Gasteiger partial charge is 0.260 e.